The number of rotatable bonds is 9. The number of alkyl carbamates (subject to hydrolysis) is 1. The van der Waals surface area contributed by atoms with Gasteiger partial charge in [0.15, 0.2) is 0 Å². The summed E-state index contributed by atoms with van der Waals surface area (Å²) in [5.41, 5.74) is 9.34. The van der Waals surface area contributed by atoms with E-state index in [4.69, 9.17) is 25.1 Å². The molecule has 3 heterocycles. The number of carboxylic acids is 1. The van der Waals surface area contributed by atoms with Crippen molar-refractivity contribution >= 4 is 46.3 Å². The first kappa shape index (κ1) is 43.4. The molecule has 6 rings (SSSR count). The monoisotopic (exact) mass is 811 g/mol. The number of aromatic amines is 2. The number of hydrogen-bond donors (Lipinski definition) is 5. The Balaban J connectivity index is 0.000000839. The van der Waals surface area contributed by atoms with Crippen molar-refractivity contribution < 1.29 is 46.9 Å². The minimum Gasteiger partial charge on any atom is -0.475 e. The molecule has 0 bridgehead atoms. The van der Waals surface area contributed by atoms with Gasteiger partial charge in [-0.05, 0) is 100 Å². The molecular formula is C40H48F3N7O8. The van der Waals surface area contributed by atoms with E-state index in [1.807, 2.05) is 63.4 Å². The molecule has 312 valence electrons. The standard InChI is InChI=1S/C38H47N7O6.C2HF3O2/c1-38(2,3)51-37(49)41-22-25-6-10-27(11-7-25)35(47)45(29-13-14-30-32(21-29)42-43-34(30)46)36(48)31(39)20-24-4-8-26(9-5-24)28-12-15-33(40-23-28)44-16-18-50-19-17-44;3-2(4,5)1(6)7/h4-5,8-9,12-15,21,23,25,27,31H,6-7,10-11,16-20,22,39H2,1-3H3,(H,41,49)(H2,42,43,46);(H,6,7)/t25-,27-,31-;/m0./s1. The van der Waals surface area contributed by atoms with Gasteiger partial charge in [0.05, 0.1) is 35.8 Å². The molecule has 4 aromatic rings. The van der Waals surface area contributed by atoms with Crippen LogP contribution in [-0.2, 0) is 30.3 Å². The zero-order valence-corrected chi connectivity index (χ0v) is 32.4. The van der Waals surface area contributed by atoms with Gasteiger partial charge < -0.3 is 30.5 Å². The Kier molecular flexibility index (Phi) is 14.0. The molecule has 15 nitrogen and oxygen atoms in total. The Morgan fingerprint density at radius 2 is 1.62 bits per heavy atom. The second-order valence-electron chi connectivity index (χ2n) is 15.2. The normalized spacial score (nSPS) is 17.7. The number of H-pyrrole nitrogens is 2. The summed E-state index contributed by atoms with van der Waals surface area (Å²) in [5, 5.41) is 15.7. The topological polar surface area (TPSA) is 213 Å². The Hall–Kier alpha value is -5.75. The van der Waals surface area contributed by atoms with Crippen molar-refractivity contribution in [2.45, 2.75) is 70.7 Å². The van der Waals surface area contributed by atoms with Crippen LogP contribution in [0.3, 0.4) is 0 Å². The predicted molar refractivity (Wildman–Crippen MR) is 209 cm³/mol. The second kappa shape index (κ2) is 18.7. The van der Waals surface area contributed by atoms with Gasteiger partial charge in [-0.1, -0.05) is 24.3 Å². The highest BCUT2D eigenvalue weighted by Crippen LogP contribution is 2.32. The highest BCUT2D eigenvalue weighted by atomic mass is 19.4. The predicted octanol–water partition coefficient (Wildman–Crippen LogP) is 5.15. The average molecular weight is 812 g/mol. The first-order valence-corrected chi connectivity index (χ1v) is 18.9. The van der Waals surface area contributed by atoms with E-state index in [1.54, 1.807) is 18.2 Å². The summed E-state index contributed by atoms with van der Waals surface area (Å²) in [4.78, 5) is 69.5. The van der Waals surface area contributed by atoms with E-state index in [2.05, 4.69) is 25.4 Å². The first-order valence-electron chi connectivity index (χ1n) is 18.9. The van der Waals surface area contributed by atoms with Crippen molar-refractivity contribution in [2.75, 3.05) is 42.6 Å². The van der Waals surface area contributed by atoms with Gasteiger partial charge in [0.2, 0.25) is 5.91 Å². The molecular weight excluding hydrogens is 763 g/mol. The fourth-order valence-corrected chi connectivity index (χ4v) is 6.74. The van der Waals surface area contributed by atoms with Crippen LogP contribution in [0.25, 0.3) is 22.0 Å². The van der Waals surface area contributed by atoms with Crippen LogP contribution in [0.15, 0.2) is 65.6 Å². The molecule has 2 aromatic heterocycles. The van der Waals surface area contributed by atoms with Gasteiger partial charge in [-0.2, -0.15) is 13.2 Å². The number of nitrogens with two attached hydrogens (primary N) is 1. The number of amides is 3. The zero-order chi connectivity index (χ0) is 42.2. The fraction of sp³-hybridized carbons (Fsp3) is 0.450. The quantitative estimate of drug-likeness (QED) is 0.149. The summed E-state index contributed by atoms with van der Waals surface area (Å²) < 4.78 is 42.5. The fourth-order valence-electron chi connectivity index (χ4n) is 6.74. The minimum atomic E-state index is -5.08. The van der Waals surface area contributed by atoms with Crippen LogP contribution in [0.1, 0.15) is 52.0 Å². The van der Waals surface area contributed by atoms with E-state index in [0.29, 0.717) is 62.0 Å². The molecule has 6 N–H and O–H groups in total. The highest BCUT2D eigenvalue weighted by molar-refractivity contribution is 6.17. The van der Waals surface area contributed by atoms with Crippen LogP contribution < -0.4 is 26.4 Å². The molecule has 1 atom stereocenters. The molecule has 0 unspecified atom stereocenters. The van der Waals surface area contributed by atoms with Gasteiger partial charge in [0.25, 0.3) is 11.5 Å². The maximum absolute atomic E-state index is 14.2. The number of benzene rings is 2. The Bertz CT molecular complexity index is 2100. The van der Waals surface area contributed by atoms with E-state index in [0.717, 1.165) is 35.6 Å². The summed E-state index contributed by atoms with van der Waals surface area (Å²) in [6.45, 7) is 8.93. The van der Waals surface area contributed by atoms with Gasteiger partial charge in [0.1, 0.15) is 11.4 Å². The summed E-state index contributed by atoms with van der Waals surface area (Å²) in [5.74, 6) is -2.88. The van der Waals surface area contributed by atoms with Crippen LogP contribution in [0.2, 0.25) is 0 Å². The highest BCUT2D eigenvalue weighted by Gasteiger charge is 2.38. The first-order chi connectivity index (χ1) is 27.4. The van der Waals surface area contributed by atoms with E-state index in [-0.39, 0.29) is 23.8 Å². The van der Waals surface area contributed by atoms with Crippen molar-refractivity contribution in [2.24, 2.45) is 17.6 Å². The lowest BCUT2D eigenvalue weighted by Crippen LogP contribution is -2.50. The van der Waals surface area contributed by atoms with E-state index in [1.165, 1.54) is 4.90 Å². The lowest BCUT2D eigenvalue weighted by Gasteiger charge is -2.32. The number of anilines is 2. The lowest BCUT2D eigenvalue weighted by atomic mass is 9.81. The van der Waals surface area contributed by atoms with Gasteiger partial charge in [-0.25, -0.2) is 19.5 Å². The number of morpholine rings is 1. The maximum Gasteiger partial charge on any atom is 0.490 e. The number of fused-ring (bicyclic) bond motifs is 1. The Morgan fingerprint density at radius 1 is 0.983 bits per heavy atom. The van der Waals surface area contributed by atoms with Crippen LogP contribution in [0, 0.1) is 11.8 Å². The number of carbonyl (C=O) groups excluding carboxylic acids is 3. The van der Waals surface area contributed by atoms with Gasteiger partial charge in [-0.3, -0.25) is 24.6 Å². The van der Waals surface area contributed by atoms with E-state index in [9.17, 15) is 32.3 Å². The number of alkyl halides is 3. The molecule has 2 fully saturated rings. The average Bonchev–Trinajstić information content (AvgIpc) is 3.56. The summed E-state index contributed by atoms with van der Waals surface area (Å²) in [6, 6.07) is 15.7. The van der Waals surface area contributed by atoms with Crippen molar-refractivity contribution in [1.82, 2.24) is 20.5 Å². The van der Waals surface area contributed by atoms with Crippen LogP contribution in [0.4, 0.5) is 29.5 Å². The van der Waals surface area contributed by atoms with Crippen molar-refractivity contribution in [1.29, 1.82) is 0 Å². The number of imide groups is 1. The van der Waals surface area contributed by atoms with Gasteiger partial charge in [-0.15, -0.1) is 0 Å². The zero-order valence-electron chi connectivity index (χ0n) is 32.4. The Morgan fingerprint density at radius 3 is 2.21 bits per heavy atom. The number of pyridine rings is 1. The number of aliphatic carboxylic acids is 1. The third-order valence-electron chi connectivity index (χ3n) is 9.77. The third-order valence-corrected chi connectivity index (χ3v) is 9.77. The smallest absolute Gasteiger partial charge is 0.475 e. The van der Waals surface area contributed by atoms with Crippen molar-refractivity contribution in [3.8, 4) is 11.1 Å². The summed E-state index contributed by atoms with van der Waals surface area (Å²) in [6.07, 6.45) is -0.919. The number of carboxylic acid groups (broad SMARTS) is 1. The van der Waals surface area contributed by atoms with Crippen molar-refractivity contribution in [3.63, 3.8) is 0 Å². The van der Waals surface area contributed by atoms with Gasteiger partial charge in [0, 0.05) is 37.3 Å². The summed E-state index contributed by atoms with van der Waals surface area (Å²) in [7, 11) is 0. The molecule has 3 amide bonds. The molecule has 1 aliphatic heterocycles. The Labute approximate surface area is 332 Å². The van der Waals surface area contributed by atoms with Crippen molar-refractivity contribution in [3.05, 3.63) is 76.7 Å². The maximum atomic E-state index is 14.2. The van der Waals surface area contributed by atoms with E-state index < -0.39 is 41.7 Å². The molecule has 2 aliphatic rings. The molecule has 1 aliphatic carbocycles. The number of hydrogen-bond acceptors (Lipinski definition) is 10. The number of nitrogens with zero attached hydrogens (tertiary/aromatic N) is 3. The molecule has 1 saturated heterocycles. The number of carbonyl (C=O) groups is 4. The number of ether oxygens (including phenoxy) is 2. The molecule has 2 aromatic carbocycles. The summed E-state index contributed by atoms with van der Waals surface area (Å²) >= 11 is 0. The molecule has 58 heavy (non-hydrogen) atoms. The van der Waals surface area contributed by atoms with Crippen LogP contribution in [-0.4, -0.2) is 94.8 Å². The number of halogens is 3. The molecule has 18 heteroatoms. The minimum absolute atomic E-state index is 0.190. The molecule has 0 radical (unpaired) electrons. The van der Waals surface area contributed by atoms with Gasteiger partial charge >= 0.3 is 18.2 Å². The van der Waals surface area contributed by atoms with Crippen LogP contribution in [0.5, 0.6) is 0 Å². The van der Waals surface area contributed by atoms with E-state index >= 15 is 0 Å². The van der Waals surface area contributed by atoms with Crippen LogP contribution >= 0.6 is 0 Å². The second-order valence-corrected chi connectivity index (χ2v) is 15.2. The largest absolute Gasteiger partial charge is 0.490 e. The molecule has 1 saturated carbocycles. The number of nitrogens with one attached hydrogen (secondary N) is 3. The lowest BCUT2D eigenvalue weighted by molar-refractivity contribution is -0.192. The number of aromatic nitrogens is 3. The SMILES string of the molecule is CC(C)(C)OC(=O)NC[C@H]1CC[C@H](C(=O)N(C(=O)[C@@H](N)Cc2ccc(-c3ccc(N4CCOCC4)nc3)cc2)c2ccc3c(=O)[nH][nH]c3c2)CC1.O=C(O)C(F)(F)F. The third kappa shape index (κ3) is 11.7. The molecule has 0 spiro atoms.